The van der Waals surface area contributed by atoms with Crippen molar-refractivity contribution in [2.75, 3.05) is 11.4 Å². The Hall–Kier alpha value is -3.48. The molecule has 0 atom stereocenters. The number of hydrogen-bond acceptors (Lipinski definition) is 6. The zero-order valence-corrected chi connectivity index (χ0v) is 15.8. The molecule has 4 rings (SSSR count). The lowest BCUT2D eigenvalue weighted by Gasteiger charge is -2.29. The van der Waals surface area contributed by atoms with E-state index in [9.17, 15) is 10.1 Å². The number of ether oxygens (including phenoxy) is 1. The fraction of sp³-hybridized carbons (Fsp3) is 0.238. The number of aryl methyl sites for hydroxylation is 2. The van der Waals surface area contributed by atoms with E-state index >= 15 is 0 Å². The normalized spacial score (nSPS) is 13.1. The van der Waals surface area contributed by atoms with Crippen LogP contribution in [0.2, 0.25) is 0 Å². The van der Waals surface area contributed by atoms with E-state index in [2.05, 4.69) is 16.0 Å². The Morgan fingerprint density at radius 2 is 1.79 bits per heavy atom. The molecule has 3 aromatic rings. The van der Waals surface area contributed by atoms with Gasteiger partial charge in [0.25, 0.3) is 0 Å². The molecule has 0 bridgehead atoms. The van der Waals surface area contributed by atoms with Crippen LogP contribution in [0.1, 0.15) is 22.3 Å². The summed E-state index contributed by atoms with van der Waals surface area (Å²) in [6.07, 6.45) is 2.13. The van der Waals surface area contributed by atoms with Crippen LogP contribution in [-0.4, -0.2) is 21.4 Å². The number of nitrogens with zero attached hydrogens (tertiary/aromatic N) is 4. The van der Waals surface area contributed by atoms with Gasteiger partial charge in [-0.15, -0.1) is 0 Å². The van der Waals surface area contributed by atoms with E-state index in [1.807, 2.05) is 55.1 Å². The predicted octanol–water partition coefficient (Wildman–Crippen LogP) is 4.36. The lowest BCUT2D eigenvalue weighted by molar-refractivity contribution is -0.385. The molecule has 0 amide bonds. The van der Waals surface area contributed by atoms with Crippen molar-refractivity contribution in [3.05, 3.63) is 81.2 Å². The first kappa shape index (κ1) is 17.9. The highest BCUT2D eigenvalue weighted by Gasteiger charge is 2.30. The molecule has 0 unspecified atom stereocenters. The fourth-order valence-corrected chi connectivity index (χ4v) is 3.60. The van der Waals surface area contributed by atoms with Gasteiger partial charge in [0.05, 0.1) is 4.92 Å². The second-order valence-electron chi connectivity index (χ2n) is 6.97. The summed E-state index contributed by atoms with van der Waals surface area (Å²) >= 11 is 0. The van der Waals surface area contributed by atoms with E-state index in [4.69, 9.17) is 4.74 Å². The standard InChI is InChI=1S/C21H20N4O3/c1-14-9-15(2)11-18(10-14)28-21-19(25(26)27)20(22-13-23-21)24-8-7-16-5-3-4-6-17(16)12-24/h3-6,9-11,13H,7-8,12H2,1-2H3. The van der Waals surface area contributed by atoms with Crippen molar-refractivity contribution in [2.45, 2.75) is 26.8 Å². The van der Waals surface area contributed by atoms with E-state index in [1.165, 1.54) is 11.9 Å². The molecule has 0 radical (unpaired) electrons. The lowest BCUT2D eigenvalue weighted by atomic mass is 10.00. The van der Waals surface area contributed by atoms with Gasteiger partial charge in [-0.25, -0.2) is 4.98 Å². The third-order valence-corrected chi connectivity index (χ3v) is 4.79. The highest BCUT2D eigenvalue weighted by atomic mass is 16.6. The molecular formula is C21H20N4O3. The molecule has 0 fully saturated rings. The molecule has 1 aliphatic heterocycles. The Balaban J connectivity index is 1.71. The van der Waals surface area contributed by atoms with Gasteiger partial charge in [-0.2, -0.15) is 4.98 Å². The average molecular weight is 376 g/mol. The summed E-state index contributed by atoms with van der Waals surface area (Å²) < 4.78 is 5.81. The molecule has 28 heavy (non-hydrogen) atoms. The summed E-state index contributed by atoms with van der Waals surface area (Å²) in [7, 11) is 0. The minimum absolute atomic E-state index is 0.0427. The molecule has 1 aromatic heterocycles. The zero-order chi connectivity index (χ0) is 19.7. The van der Waals surface area contributed by atoms with Crippen LogP contribution in [0.4, 0.5) is 11.5 Å². The molecule has 0 spiro atoms. The van der Waals surface area contributed by atoms with Crippen molar-refractivity contribution in [3.8, 4) is 11.6 Å². The predicted molar refractivity (Wildman–Crippen MR) is 106 cm³/mol. The van der Waals surface area contributed by atoms with Crippen LogP contribution in [-0.2, 0) is 13.0 Å². The molecule has 0 saturated heterocycles. The average Bonchev–Trinajstić information content (AvgIpc) is 2.66. The molecule has 142 valence electrons. The highest BCUT2D eigenvalue weighted by molar-refractivity contribution is 5.64. The SMILES string of the molecule is Cc1cc(C)cc(Oc2ncnc(N3CCc4ccccc4C3)c2[N+](=O)[O-])c1. The minimum atomic E-state index is -0.464. The van der Waals surface area contributed by atoms with Crippen molar-refractivity contribution >= 4 is 11.5 Å². The van der Waals surface area contributed by atoms with E-state index in [-0.39, 0.29) is 17.4 Å². The zero-order valence-electron chi connectivity index (χ0n) is 15.8. The monoisotopic (exact) mass is 376 g/mol. The number of nitro groups is 1. The molecule has 0 saturated carbocycles. The van der Waals surface area contributed by atoms with Crippen molar-refractivity contribution in [3.63, 3.8) is 0 Å². The van der Waals surface area contributed by atoms with Crippen LogP contribution in [0, 0.1) is 24.0 Å². The van der Waals surface area contributed by atoms with Crippen molar-refractivity contribution in [1.29, 1.82) is 0 Å². The van der Waals surface area contributed by atoms with Gasteiger partial charge in [0, 0.05) is 13.1 Å². The van der Waals surface area contributed by atoms with E-state index in [0.29, 0.717) is 18.8 Å². The third-order valence-electron chi connectivity index (χ3n) is 4.79. The smallest absolute Gasteiger partial charge is 0.373 e. The largest absolute Gasteiger partial charge is 0.434 e. The molecule has 2 aromatic carbocycles. The fourth-order valence-electron chi connectivity index (χ4n) is 3.60. The number of anilines is 1. The minimum Gasteiger partial charge on any atom is -0.434 e. The third kappa shape index (κ3) is 3.51. The van der Waals surface area contributed by atoms with Crippen molar-refractivity contribution in [1.82, 2.24) is 9.97 Å². The Morgan fingerprint density at radius 1 is 1.07 bits per heavy atom. The number of benzene rings is 2. The number of fused-ring (bicyclic) bond motifs is 1. The van der Waals surface area contributed by atoms with E-state index < -0.39 is 4.92 Å². The second-order valence-corrected chi connectivity index (χ2v) is 6.97. The molecule has 7 heteroatoms. The summed E-state index contributed by atoms with van der Waals surface area (Å²) in [6, 6.07) is 13.8. The number of rotatable bonds is 4. The number of aromatic nitrogens is 2. The van der Waals surface area contributed by atoms with Crippen LogP contribution in [0.15, 0.2) is 48.8 Å². The summed E-state index contributed by atoms with van der Waals surface area (Å²) in [4.78, 5) is 21.6. The van der Waals surface area contributed by atoms with Gasteiger partial charge in [-0.05, 0) is 54.7 Å². The molecule has 7 nitrogen and oxygen atoms in total. The summed E-state index contributed by atoms with van der Waals surface area (Å²) in [5.74, 6) is 0.766. The van der Waals surface area contributed by atoms with E-state index in [0.717, 1.165) is 23.1 Å². The maximum absolute atomic E-state index is 11.9. The lowest BCUT2D eigenvalue weighted by Crippen LogP contribution is -2.31. The van der Waals surface area contributed by atoms with Crippen molar-refractivity contribution in [2.24, 2.45) is 0 Å². The summed E-state index contributed by atoms with van der Waals surface area (Å²) in [5.41, 5.74) is 4.24. The summed E-state index contributed by atoms with van der Waals surface area (Å²) in [6.45, 7) is 5.12. The Kier molecular flexibility index (Phi) is 4.65. The first-order valence-corrected chi connectivity index (χ1v) is 9.08. The first-order valence-electron chi connectivity index (χ1n) is 9.08. The second kappa shape index (κ2) is 7.26. The van der Waals surface area contributed by atoms with Crippen LogP contribution in [0.25, 0.3) is 0 Å². The Morgan fingerprint density at radius 3 is 2.50 bits per heavy atom. The van der Waals surface area contributed by atoms with Gasteiger partial charge in [-0.3, -0.25) is 10.1 Å². The van der Waals surface area contributed by atoms with E-state index in [1.54, 1.807) is 0 Å². The van der Waals surface area contributed by atoms with Crippen LogP contribution in [0.5, 0.6) is 11.6 Å². The van der Waals surface area contributed by atoms with Gasteiger partial charge in [0.2, 0.25) is 5.82 Å². The van der Waals surface area contributed by atoms with Gasteiger partial charge in [0.1, 0.15) is 12.1 Å². The maximum atomic E-state index is 11.9. The van der Waals surface area contributed by atoms with Gasteiger partial charge >= 0.3 is 11.6 Å². The topological polar surface area (TPSA) is 81.4 Å². The Labute approximate surface area is 162 Å². The highest BCUT2D eigenvalue weighted by Crippen LogP contribution is 2.38. The maximum Gasteiger partial charge on any atom is 0.373 e. The first-order chi connectivity index (χ1) is 13.5. The summed E-state index contributed by atoms with van der Waals surface area (Å²) in [5, 5.41) is 11.9. The van der Waals surface area contributed by atoms with Crippen molar-refractivity contribution < 1.29 is 9.66 Å². The molecule has 0 aliphatic carbocycles. The molecule has 2 heterocycles. The molecular weight excluding hydrogens is 356 g/mol. The molecule has 1 aliphatic rings. The van der Waals surface area contributed by atoms with Crippen LogP contribution < -0.4 is 9.64 Å². The van der Waals surface area contributed by atoms with Crippen LogP contribution in [0.3, 0.4) is 0 Å². The quantitative estimate of drug-likeness (QED) is 0.497. The van der Waals surface area contributed by atoms with Crippen LogP contribution >= 0.6 is 0 Å². The molecule has 0 N–H and O–H groups in total. The Bertz CT molecular complexity index is 1030. The number of hydrogen-bond donors (Lipinski definition) is 0. The van der Waals surface area contributed by atoms with Gasteiger partial charge in [-0.1, -0.05) is 30.3 Å². The van der Waals surface area contributed by atoms with Gasteiger partial charge in [0.15, 0.2) is 0 Å². The van der Waals surface area contributed by atoms with Gasteiger partial charge < -0.3 is 9.64 Å².